The molecule has 0 aromatic heterocycles. The Balaban J connectivity index is 1.99. The molecule has 1 unspecified atom stereocenters. The average Bonchev–Trinajstić information content (AvgIpc) is 2.61. The van der Waals surface area contributed by atoms with E-state index in [1.165, 1.54) is 0 Å². The van der Waals surface area contributed by atoms with Crippen molar-refractivity contribution >= 4 is 11.8 Å². The fraction of sp³-hybridized carbons (Fsp3) is 0.529. The van der Waals surface area contributed by atoms with E-state index in [4.69, 9.17) is 15.7 Å². The van der Waals surface area contributed by atoms with Crippen LogP contribution in [0.15, 0.2) is 29.4 Å². The molecule has 7 nitrogen and oxygen atoms in total. The molecule has 24 heavy (non-hydrogen) atoms. The first-order valence-corrected chi connectivity index (χ1v) is 8.20. The minimum absolute atomic E-state index is 0.00407. The van der Waals surface area contributed by atoms with Crippen LogP contribution in [0.2, 0.25) is 0 Å². The standard InChI is InChI=1S/C17H25N3O4/c1-2-24-17(22)14-7-4-8-20(10-14)11-15(21)12-5-3-6-13(9-12)16(18)19-23/h3,5-6,9,14-15,21,23H,2,4,7-8,10-11H2,1H3,(H2,18,19)/t14-,15?/m0/s1. The zero-order chi connectivity index (χ0) is 17.5. The maximum atomic E-state index is 11.9. The number of nitrogens with zero attached hydrogens (tertiary/aromatic N) is 2. The first kappa shape index (κ1) is 18.2. The predicted molar refractivity (Wildman–Crippen MR) is 89.7 cm³/mol. The molecule has 0 saturated carbocycles. The summed E-state index contributed by atoms with van der Waals surface area (Å²) >= 11 is 0. The Bertz CT molecular complexity index is 591. The smallest absolute Gasteiger partial charge is 0.310 e. The molecule has 7 heteroatoms. The van der Waals surface area contributed by atoms with Gasteiger partial charge in [0.2, 0.25) is 0 Å². The second-order valence-corrected chi connectivity index (χ2v) is 5.98. The highest BCUT2D eigenvalue weighted by molar-refractivity contribution is 5.97. The molecule has 1 heterocycles. The molecule has 0 spiro atoms. The number of rotatable bonds is 6. The molecule has 0 aliphatic carbocycles. The monoisotopic (exact) mass is 335 g/mol. The predicted octanol–water partition coefficient (Wildman–Crippen LogP) is 1.09. The summed E-state index contributed by atoms with van der Waals surface area (Å²) in [4.78, 5) is 14.0. The summed E-state index contributed by atoms with van der Waals surface area (Å²) in [6.45, 7) is 4.05. The number of nitrogens with two attached hydrogens (primary N) is 1. The van der Waals surface area contributed by atoms with Crippen LogP contribution in [0, 0.1) is 5.92 Å². The average molecular weight is 335 g/mol. The largest absolute Gasteiger partial charge is 0.466 e. The summed E-state index contributed by atoms with van der Waals surface area (Å²) in [6, 6.07) is 6.96. The number of carbonyl (C=O) groups excluding carboxylic acids is 1. The maximum Gasteiger partial charge on any atom is 0.310 e. The summed E-state index contributed by atoms with van der Waals surface area (Å²) in [6.07, 6.45) is 1.02. The number of hydrogen-bond donors (Lipinski definition) is 3. The number of carbonyl (C=O) groups is 1. The second-order valence-electron chi connectivity index (χ2n) is 5.98. The van der Waals surface area contributed by atoms with Crippen molar-refractivity contribution in [3.05, 3.63) is 35.4 Å². The van der Waals surface area contributed by atoms with Crippen molar-refractivity contribution in [2.75, 3.05) is 26.2 Å². The summed E-state index contributed by atoms with van der Waals surface area (Å²) in [5.74, 6) is -0.288. The first-order valence-electron chi connectivity index (χ1n) is 8.20. The molecule has 132 valence electrons. The van der Waals surface area contributed by atoms with E-state index >= 15 is 0 Å². The third kappa shape index (κ3) is 4.69. The van der Waals surface area contributed by atoms with Crippen LogP contribution < -0.4 is 5.73 Å². The Kier molecular flexibility index (Phi) is 6.57. The van der Waals surface area contributed by atoms with Gasteiger partial charge in [0.15, 0.2) is 5.84 Å². The zero-order valence-corrected chi connectivity index (χ0v) is 13.9. The Hall–Kier alpha value is -2.12. The van der Waals surface area contributed by atoms with Crippen molar-refractivity contribution in [3.63, 3.8) is 0 Å². The minimum Gasteiger partial charge on any atom is -0.466 e. The van der Waals surface area contributed by atoms with Crippen LogP contribution in [0.25, 0.3) is 0 Å². The number of β-amino-alcohol motifs (C(OH)–C–C–N with tert-alkyl or cyclic N) is 1. The van der Waals surface area contributed by atoms with Crippen molar-refractivity contribution < 1.29 is 19.8 Å². The minimum atomic E-state index is -0.711. The Labute approximate surface area is 141 Å². The Morgan fingerprint density at radius 2 is 2.33 bits per heavy atom. The molecule has 1 fully saturated rings. The number of hydrogen-bond acceptors (Lipinski definition) is 6. The lowest BCUT2D eigenvalue weighted by molar-refractivity contribution is -0.150. The molecular weight excluding hydrogens is 310 g/mol. The van der Waals surface area contributed by atoms with Crippen LogP contribution >= 0.6 is 0 Å². The van der Waals surface area contributed by atoms with Gasteiger partial charge in [0, 0.05) is 18.7 Å². The van der Waals surface area contributed by atoms with Gasteiger partial charge in [-0.15, -0.1) is 0 Å². The van der Waals surface area contributed by atoms with E-state index in [0.29, 0.717) is 30.8 Å². The van der Waals surface area contributed by atoms with Gasteiger partial charge >= 0.3 is 5.97 Å². The van der Waals surface area contributed by atoms with Gasteiger partial charge in [-0.1, -0.05) is 23.4 Å². The Morgan fingerprint density at radius 3 is 3.04 bits per heavy atom. The molecule has 1 aromatic rings. The van der Waals surface area contributed by atoms with Crippen LogP contribution in [0.5, 0.6) is 0 Å². The molecule has 4 N–H and O–H groups in total. The van der Waals surface area contributed by atoms with Gasteiger partial charge in [0.25, 0.3) is 0 Å². The number of benzene rings is 1. The summed E-state index contributed by atoms with van der Waals surface area (Å²) in [7, 11) is 0. The third-order valence-corrected chi connectivity index (χ3v) is 4.23. The van der Waals surface area contributed by atoms with Crippen molar-refractivity contribution in [2.24, 2.45) is 16.8 Å². The number of oxime groups is 1. The topological polar surface area (TPSA) is 108 Å². The first-order chi connectivity index (χ1) is 11.5. The quantitative estimate of drug-likeness (QED) is 0.236. The van der Waals surface area contributed by atoms with Crippen LogP contribution in [0.1, 0.15) is 37.0 Å². The molecule has 2 atom stereocenters. The molecule has 1 saturated heterocycles. The van der Waals surface area contributed by atoms with E-state index in [0.717, 1.165) is 19.4 Å². The molecule has 1 aliphatic rings. The maximum absolute atomic E-state index is 11.9. The molecular formula is C17H25N3O4. The summed E-state index contributed by atoms with van der Waals surface area (Å²) < 4.78 is 5.09. The molecule has 0 radical (unpaired) electrons. The SMILES string of the molecule is CCOC(=O)[C@H]1CCCN(CC(O)c2cccc(/C(N)=N/O)c2)C1. The fourth-order valence-corrected chi connectivity index (χ4v) is 2.99. The van der Waals surface area contributed by atoms with Crippen molar-refractivity contribution in [3.8, 4) is 0 Å². The van der Waals surface area contributed by atoms with Crippen LogP contribution in [-0.2, 0) is 9.53 Å². The van der Waals surface area contributed by atoms with Crippen LogP contribution in [-0.4, -0.2) is 53.3 Å². The van der Waals surface area contributed by atoms with Gasteiger partial charge in [-0.25, -0.2) is 0 Å². The number of aliphatic hydroxyl groups is 1. The van der Waals surface area contributed by atoms with Crippen molar-refractivity contribution in [1.29, 1.82) is 0 Å². The molecule has 1 aromatic carbocycles. The lowest BCUT2D eigenvalue weighted by Gasteiger charge is -2.32. The third-order valence-electron chi connectivity index (χ3n) is 4.23. The molecule has 0 bridgehead atoms. The number of piperidine rings is 1. The van der Waals surface area contributed by atoms with Crippen molar-refractivity contribution in [2.45, 2.75) is 25.9 Å². The Morgan fingerprint density at radius 1 is 1.54 bits per heavy atom. The van der Waals surface area contributed by atoms with Gasteiger partial charge in [0.05, 0.1) is 18.6 Å². The summed E-state index contributed by atoms with van der Waals surface area (Å²) in [5, 5.41) is 22.2. The molecule has 1 aliphatic heterocycles. The molecule has 0 amide bonds. The molecule has 2 rings (SSSR count). The number of amidine groups is 1. The van der Waals surface area contributed by atoms with E-state index in [-0.39, 0.29) is 17.7 Å². The number of esters is 1. The van der Waals surface area contributed by atoms with Crippen LogP contribution in [0.3, 0.4) is 0 Å². The van der Waals surface area contributed by atoms with Gasteiger partial charge in [0.1, 0.15) is 0 Å². The number of likely N-dealkylation sites (tertiary alicyclic amines) is 1. The van der Waals surface area contributed by atoms with Crippen molar-refractivity contribution in [1.82, 2.24) is 4.90 Å². The fourth-order valence-electron chi connectivity index (χ4n) is 2.99. The lowest BCUT2D eigenvalue weighted by Crippen LogP contribution is -2.41. The van der Waals surface area contributed by atoms with E-state index < -0.39 is 6.10 Å². The number of ether oxygens (including phenoxy) is 1. The van der Waals surface area contributed by atoms with E-state index in [9.17, 15) is 9.90 Å². The number of aliphatic hydroxyl groups excluding tert-OH is 1. The highest BCUT2D eigenvalue weighted by atomic mass is 16.5. The van der Waals surface area contributed by atoms with E-state index in [2.05, 4.69) is 10.1 Å². The van der Waals surface area contributed by atoms with Gasteiger partial charge in [-0.3, -0.25) is 9.69 Å². The summed E-state index contributed by atoms with van der Waals surface area (Å²) in [5.41, 5.74) is 6.83. The van der Waals surface area contributed by atoms with Gasteiger partial charge in [-0.05, 0) is 37.9 Å². The normalized spacial score (nSPS) is 20.6. The van der Waals surface area contributed by atoms with Crippen LogP contribution in [0.4, 0.5) is 0 Å². The van der Waals surface area contributed by atoms with E-state index in [1.807, 2.05) is 0 Å². The highest BCUT2D eigenvalue weighted by Gasteiger charge is 2.28. The lowest BCUT2D eigenvalue weighted by atomic mass is 9.97. The van der Waals surface area contributed by atoms with Gasteiger partial charge < -0.3 is 20.8 Å². The highest BCUT2D eigenvalue weighted by Crippen LogP contribution is 2.22. The van der Waals surface area contributed by atoms with Gasteiger partial charge in [-0.2, -0.15) is 0 Å². The zero-order valence-electron chi connectivity index (χ0n) is 13.9. The second kappa shape index (κ2) is 8.65. The van der Waals surface area contributed by atoms with E-state index in [1.54, 1.807) is 31.2 Å².